The second-order valence-electron chi connectivity index (χ2n) is 4.22. The summed E-state index contributed by atoms with van der Waals surface area (Å²) in [5, 5.41) is 0.690. The Hall–Kier alpha value is -2.40. The molecule has 0 saturated heterocycles. The summed E-state index contributed by atoms with van der Waals surface area (Å²) in [7, 11) is 0. The third kappa shape index (κ3) is 2.02. The number of hydrogen-bond donors (Lipinski definition) is 1. The van der Waals surface area contributed by atoms with E-state index < -0.39 is 11.6 Å². The van der Waals surface area contributed by atoms with Crippen LogP contribution in [0.4, 0.5) is 10.1 Å². The minimum atomic E-state index is -0.525. The number of carbonyl (C=O) groups is 1. The van der Waals surface area contributed by atoms with Gasteiger partial charge in [-0.25, -0.2) is 9.37 Å². The summed E-state index contributed by atoms with van der Waals surface area (Å²) in [4.78, 5) is 16.3. The summed E-state index contributed by atoms with van der Waals surface area (Å²) < 4.78 is 18.8. The van der Waals surface area contributed by atoms with Crippen LogP contribution < -0.4 is 5.73 Å². The molecule has 3 aromatic rings. The molecular weight excluding hydrogens is 283 g/mol. The summed E-state index contributed by atoms with van der Waals surface area (Å²) in [6.45, 7) is 0. The van der Waals surface area contributed by atoms with Crippen molar-refractivity contribution in [2.45, 2.75) is 0 Å². The normalized spacial score (nSPS) is 10.9. The highest BCUT2D eigenvalue weighted by Gasteiger charge is 2.19. The topological polar surface area (TPSA) is 69.1 Å². The molecule has 2 heterocycles. The number of carbonyl (C=O) groups excluding carboxylic acids is 1. The molecule has 0 aliphatic heterocycles. The zero-order chi connectivity index (χ0) is 14.3. The Morgan fingerprint density at radius 3 is 2.85 bits per heavy atom. The maximum absolute atomic E-state index is 13.6. The van der Waals surface area contributed by atoms with Crippen LogP contribution in [0.15, 0.2) is 41.1 Å². The molecule has 20 heavy (non-hydrogen) atoms. The highest BCUT2D eigenvalue weighted by molar-refractivity contribution is 6.30. The lowest BCUT2D eigenvalue weighted by Crippen LogP contribution is -2.07. The first-order valence-corrected chi connectivity index (χ1v) is 6.06. The highest BCUT2D eigenvalue weighted by atomic mass is 35.5. The van der Waals surface area contributed by atoms with Crippen molar-refractivity contribution in [3.05, 3.63) is 58.8 Å². The molecule has 0 aliphatic carbocycles. The van der Waals surface area contributed by atoms with Gasteiger partial charge in [-0.05, 0) is 24.3 Å². The molecular formula is C14H8ClFN2O2. The molecule has 1 aromatic carbocycles. The van der Waals surface area contributed by atoms with E-state index in [0.717, 1.165) is 6.07 Å². The zero-order valence-electron chi connectivity index (χ0n) is 10.1. The van der Waals surface area contributed by atoms with Crippen molar-refractivity contribution in [2.24, 2.45) is 0 Å². The third-order valence-electron chi connectivity index (χ3n) is 2.91. The van der Waals surface area contributed by atoms with Gasteiger partial charge < -0.3 is 10.2 Å². The van der Waals surface area contributed by atoms with E-state index >= 15 is 0 Å². The van der Waals surface area contributed by atoms with Crippen molar-refractivity contribution in [3.63, 3.8) is 0 Å². The molecule has 0 unspecified atom stereocenters. The van der Waals surface area contributed by atoms with Crippen LogP contribution >= 0.6 is 11.6 Å². The van der Waals surface area contributed by atoms with E-state index in [1.165, 1.54) is 24.6 Å². The van der Waals surface area contributed by atoms with Crippen LogP contribution in [-0.2, 0) is 0 Å². The number of nitrogens with two attached hydrogens (primary N) is 1. The highest BCUT2D eigenvalue weighted by Crippen LogP contribution is 2.26. The van der Waals surface area contributed by atoms with Crippen LogP contribution in [0, 0.1) is 5.82 Å². The Kier molecular flexibility index (Phi) is 2.91. The van der Waals surface area contributed by atoms with Gasteiger partial charge in [0.1, 0.15) is 16.6 Å². The summed E-state index contributed by atoms with van der Waals surface area (Å²) in [6.07, 6.45) is 2.66. The molecule has 2 aromatic heterocycles. The quantitative estimate of drug-likeness (QED) is 0.580. The predicted molar refractivity (Wildman–Crippen MR) is 73.3 cm³/mol. The maximum Gasteiger partial charge on any atom is 0.200 e. The Morgan fingerprint density at radius 1 is 1.30 bits per heavy atom. The van der Waals surface area contributed by atoms with E-state index in [9.17, 15) is 9.18 Å². The molecule has 2 N–H and O–H groups in total. The van der Waals surface area contributed by atoms with Crippen LogP contribution in [0.1, 0.15) is 15.9 Å². The largest absolute Gasteiger partial charge is 0.464 e. The van der Waals surface area contributed by atoms with Gasteiger partial charge in [0, 0.05) is 17.3 Å². The fourth-order valence-electron chi connectivity index (χ4n) is 1.99. The predicted octanol–water partition coefficient (Wildman–Crippen LogP) is 3.43. The number of fused-ring (bicyclic) bond motifs is 1. The Balaban J connectivity index is 2.19. The fraction of sp³-hybridized carbons (Fsp3) is 0. The minimum Gasteiger partial charge on any atom is -0.464 e. The standard InChI is InChI=1S/C14H8ClFN2O2/c15-12-5-11(17)10(6-18-12)13(19)9-4-8(16)3-7-1-2-20-14(7)9/h1-6H,(H2,17,18). The number of halogens is 2. The van der Waals surface area contributed by atoms with E-state index in [1.807, 2.05) is 0 Å². The van der Waals surface area contributed by atoms with Crippen molar-refractivity contribution < 1.29 is 13.6 Å². The number of benzene rings is 1. The van der Waals surface area contributed by atoms with Crippen molar-refractivity contribution in [2.75, 3.05) is 5.73 Å². The number of anilines is 1. The number of furan rings is 1. The van der Waals surface area contributed by atoms with Gasteiger partial charge in [0.2, 0.25) is 5.78 Å². The molecule has 0 atom stereocenters. The second-order valence-corrected chi connectivity index (χ2v) is 4.60. The van der Waals surface area contributed by atoms with Crippen LogP contribution in [0.3, 0.4) is 0 Å². The number of rotatable bonds is 2. The molecule has 0 radical (unpaired) electrons. The molecule has 100 valence electrons. The molecule has 0 bridgehead atoms. The van der Waals surface area contributed by atoms with Crippen LogP contribution in [0.2, 0.25) is 5.15 Å². The van der Waals surface area contributed by atoms with Crippen molar-refractivity contribution in [1.82, 2.24) is 4.98 Å². The van der Waals surface area contributed by atoms with E-state index in [-0.39, 0.29) is 22.0 Å². The number of nitrogen functional groups attached to an aromatic ring is 1. The first kappa shape index (κ1) is 12.6. The van der Waals surface area contributed by atoms with Crippen molar-refractivity contribution >= 4 is 34.0 Å². The summed E-state index contributed by atoms with van der Waals surface area (Å²) in [5.74, 6) is -0.992. The molecule has 3 rings (SSSR count). The summed E-state index contributed by atoms with van der Waals surface area (Å²) >= 11 is 5.69. The Labute approximate surface area is 118 Å². The Bertz CT molecular complexity index is 829. The molecule has 0 spiro atoms. The van der Waals surface area contributed by atoms with Gasteiger partial charge in [0.05, 0.1) is 17.4 Å². The van der Waals surface area contributed by atoms with Gasteiger partial charge in [0.25, 0.3) is 0 Å². The first-order valence-electron chi connectivity index (χ1n) is 5.69. The SMILES string of the molecule is Nc1cc(Cl)ncc1C(=O)c1cc(F)cc2ccoc12. The monoisotopic (exact) mass is 290 g/mol. The smallest absolute Gasteiger partial charge is 0.200 e. The maximum atomic E-state index is 13.6. The van der Waals surface area contributed by atoms with E-state index in [1.54, 1.807) is 6.07 Å². The van der Waals surface area contributed by atoms with Crippen LogP contribution in [0.5, 0.6) is 0 Å². The lowest BCUT2D eigenvalue weighted by molar-refractivity contribution is 0.103. The lowest BCUT2D eigenvalue weighted by atomic mass is 10.0. The number of ketones is 1. The van der Waals surface area contributed by atoms with Crippen molar-refractivity contribution in [3.8, 4) is 0 Å². The van der Waals surface area contributed by atoms with Gasteiger partial charge in [-0.15, -0.1) is 0 Å². The van der Waals surface area contributed by atoms with Gasteiger partial charge in [-0.1, -0.05) is 11.6 Å². The summed E-state index contributed by atoms with van der Waals surface area (Å²) in [6, 6.07) is 5.35. The van der Waals surface area contributed by atoms with Gasteiger partial charge in [-0.3, -0.25) is 4.79 Å². The van der Waals surface area contributed by atoms with E-state index in [4.69, 9.17) is 21.8 Å². The molecule has 0 fully saturated rings. The molecule has 0 saturated carbocycles. The molecule has 6 heteroatoms. The summed E-state index contributed by atoms with van der Waals surface area (Å²) in [5.41, 5.74) is 6.49. The van der Waals surface area contributed by atoms with Gasteiger partial charge in [-0.2, -0.15) is 0 Å². The van der Waals surface area contributed by atoms with E-state index in [0.29, 0.717) is 11.0 Å². The second kappa shape index (κ2) is 4.61. The van der Waals surface area contributed by atoms with Gasteiger partial charge in [0.15, 0.2) is 0 Å². The molecule has 4 nitrogen and oxygen atoms in total. The lowest BCUT2D eigenvalue weighted by Gasteiger charge is -2.05. The number of nitrogens with zero attached hydrogens (tertiary/aromatic N) is 1. The molecule has 0 aliphatic rings. The number of aromatic nitrogens is 1. The fourth-order valence-corrected chi connectivity index (χ4v) is 2.16. The average molecular weight is 291 g/mol. The number of pyridine rings is 1. The van der Waals surface area contributed by atoms with Gasteiger partial charge >= 0.3 is 0 Å². The third-order valence-corrected chi connectivity index (χ3v) is 3.11. The number of hydrogen-bond acceptors (Lipinski definition) is 4. The first-order chi connectivity index (χ1) is 9.56. The zero-order valence-corrected chi connectivity index (χ0v) is 10.8. The van der Waals surface area contributed by atoms with Crippen molar-refractivity contribution in [1.29, 1.82) is 0 Å². The van der Waals surface area contributed by atoms with Crippen LogP contribution in [-0.4, -0.2) is 10.8 Å². The molecule has 0 amide bonds. The average Bonchev–Trinajstić information content (AvgIpc) is 2.85. The van der Waals surface area contributed by atoms with Crippen LogP contribution in [0.25, 0.3) is 11.0 Å². The Morgan fingerprint density at radius 2 is 2.10 bits per heavy atom. The minimum absolute atomic E-state index is 0.0980. The van der Waals surface area contributed by atoms with E-state index in [2.05, 4.69) is 4.98 Å².